The van der Waals surface area contributed by atoms with Gasteiger partial charge in [-0.15, -0.1) is 0 Å². The molecule has 0 aliphatic rings. The number of aromatic nitrogens is 1. The van der Waals surface area contributed by atoms with Crippen molar-refractivity contribution in [2.75, 3.05) is 6.54 Å². The molecule has 2 rings (SSSR count). The molecule has 98 valence electrons. The third-order valence-corrected chi connectivity index (χ3v) is 3.38. The van der Waals surface area contributed by atoms with Gasteiger partial charge in [0.1, 0.15) is 0 Å². The first-order valence-corrected chi connectivity index (χ1v) is 6.87. The smallest absolute Gasteiger partial charge is 0.0457 e. The second-order valence-electron chi connectivity index (χ2n) is 5.78. The fraction of sp³-hybridized carbons (Fsp3) is 0.500. The van der Waals surface area contributed by atoms with E-state index in [1.54, 1.807) is 0 Å². The minimum Gasteiger partial charge on any atom is -0.361 e. The van der Waals surface area contributed by atoms with Crippen molar-refractivity contribution in [3.63, 3.8) is 0 Å². The summed E-state index contributed by atoms with van der Waals surface area (Å²) in [6.07, 6.45) is 2.15. The Bertz CT molecular complexity index is 497. The standard InChI is InChI=1S/C16H24N2/c1-12(2)10-18(13(3)4)11-14-9-17-16-8-6-5-7-15(14)16/h5-9,12-13,17H,10-11H2,1-4H3. The van der Waals surface area contributed by atoms with Crippen molar-refractivity contribution in [3.8, 4) is 0 Å². The average molecular weight is 244 g/mol. The first kappa shape index (κ1) is 13.2. The fourth-order valence-electron chi connectivity index (χ4n) is 2.41. The summed E-state index contributed by atoms with van der Waals surface area (Å²) < 4.78 is 0. The predicted molar refractivity (Wildman–Crippen MR) is 78.7 cm³/mol. The van der Waals surface area contributed by atoms with E-state index in [4.69, 9.17) is 0 Å². The lowest BCUT2D eigenvalue weighted by molar-refractivity contribution is 0.190. The van der Waals surface area contributed by atoms with Crippen LogP contribution in [0.15, 0.2) is 30.5 Å². The summed E-state index contributed by atoms with van der Waals surface area (Å²) in [6, 6.07) is 9.12. The zero-order chi connectivity index (χ0) is 13.1. The van der Waals surface area contributed by atoms with Gasteiger partial charge < -0.3 is 4.98 Å². The molecule has 0 atom stereocenters. The largest absolute Gasteiger partial charge is 0.361 e. The monoisotopic (exact) mass is 244 g/mol. The van der Waals surface area contributed by atoms with E-state index in [9.17, 15) is 0 Å². The lowest BCUT2D eigenvalue weighted by atomic mass is 10.1. The highest BCUT2D eigenvalue weighted by molar-refractivity contribution is 5.82. The molecule has 1 aromatic heterocycles. The number of fused-ring (bicyclic) bond motifs is 1. The number of hydrogen-bond donors (Lipinski definition) is 1. The number of aromatic amines is 1. The van der Waals surface area contributed by atoms with Crippen LogP contribution in [-0.4, -0.2) is 22.5 Å². The zero-order valence-corrected chi connectivity index (χ0v) is 11.9. The molecule has 0 spiro atoms. The van der Waals surface area contributed by atoms with Crippen LogP contribution in [0, 0.1) is 5.92 Å². The van der Waals surface area contributed by atoms with Crippen LogP contribution in [0.3, 0.4) is 0 Å². The number of para-hydroxylation sites is 1. The van der Waals surface area contributed by atoms with Gasteiger partial charge in [-0.3, -0.25) is 4.90 Å². The molecular weight excluding hydrogens is 220 g/mol. The molecule has 1 heterocycles. The summed E-state index contributed by atoms with van der Waals surface area (Å²) in [6.45, 7) is 11.3. The molecule has 0 radical (unpaired) electrons. The SMILES string of the molecule is CC(C)CN(Cc1c[nH]c2ccccc12)C(C)C. The summed E-state index contributed by atoms with van der Waals surface area (Å²) in [4.78, 5) is 5.90. The van der Waals surface area contributed by atoms with Crippen molar-refractivity contribution in [1.29, 1.82) is 0 Å². The molecule has 0 amide bonds. The van der Waals surface area contributed by atoms with E-state index < -0.39 is 0 Å². The molecule has 0 saturated carbocycles. The molecular formula is C16H24N2. The maximum absolute atomic E-state index is 3.36. The maximum Gasteiger partial charge on any atom is 0.0457 e. The van der Waals surface area contributed by atoms with E-state index >= 15 is 0 Å². The van der Waals surface area contributed by atoms with E-state index in [2.05, 4.69) is 68.0 Å². The first-order valence-electron chi connectivity index (χ1n) is 6.87. The third kappa shape index (κ3) is 2.94. The van der Waals surface area contributed by atoms with Gasteiger partial charge in [0.2, 0.25) is 0 Å². The molecule has 0 aliphatic carbocycles. The Morgan fingerprint density at radius 1 is 1.11 bits per heavy atom. The second-order valence-corrected chi connectivity index (χ2v) is 5.78. The van der Waals surface area contributed by atoms with Crippen LogP contribution >= 0.6 is 0 Å². The number of H-pyrrole nitrogens is 1. The number of nitrogens with zero attached hydrogens (tertiary/aromatic N) is 1. The van der Waals surface area contributed by atoms with Gasteiger partial charge in [-0.2, -0.15) is 0 Å². The Morgan fingerprint density at radius 3 is 2.50 bits per heavy atom. The topological polar surface area (TPSA) is 19.0 Å². The van der Waals surface area contributed by atoms with Gasteiger partial charge in [-0.05, 0) is 31.4 Å². The molecule has 0 fully saturated rings. The summed E-state index contributed by atoms with van der Waals surface area (Å²) in [5, 5.41) is 1.35. The van der Waals surface area contributed by atoms with Gasteiger partial charge >= 0.3 is 0 Å². The molecule has 0 saturated heterocycles. The van der Waals surface area contributed by atoms with Gasteiger partial charge in [0.05, 0.1) is 0 Å². The van der Waals surface area contributed by atoms with Crippen LogP contribution < -0.4 is 0 Å². The highest BCUT2D eigenvalue weighted by atomic mass is 15.1. The van der Waals surface area contributed by atoms with Crippen molar-refractivity contribution in [2.45, 2.75) is 40.3 Å². The van der Waals surface area contributed by atoms with Crippen molar-refractivity contribution < 1.29 is 0 Å². The summed E-state index contributed by atoms with van der Waals surface area (Å²) in [7, 11) is 0. The molecule has 0 bridgehead atoms. The number of rotatable bonds is 5. The maximum atomic E-state index is 3.36. The van der Waals surface area contributed by atoms with Crippen LogP contribution in [0.4, 0.5) is 0 Å². The Hall–Kier alpha value is -1.28. The van der Waals surface area contributed by atoms with E-state index in [-0.39, 0.29) is 0 Å². The van der Waals surface area contributed by atoms with Crippen LogP contribution in [0.2, 0.25) is 0 Å². The highest BCUT2D eigenvalue weighted by Crippen LogP contribution is 2.20. The summed E-state index contributed by atoms with van der Waals surface area (Å²) in [5.74, 6) is 0.706. The van der Waals surface area contributed by atoms with Gasteiger partial charge in [0, 0.05) is 36.2 Å². The van der Waals surface area contributed by atoms with Gasteiger partial charge in [0.25, 0.3) is 0 Å². The van der Waals surface area contributed by atoms with Crippen LogP contribution in [0.1, 0.15) is 33.3 Å². The highest BCUT2D eigenvalue weighted by Gasteiger charge is 2.13. The van der Waals surface area contributed by atoms with E-state index in [1.807, 2.05) is 0 Å². The molecule has 1 aromatic carbocycles. The minimum atomic E-state index is 0.584. The van der Waals surface area contributed by atoms with Crippen LogP contribution in [0.25, 0.3) is 10.9 Å². The Morgan fingerprint density at radius 2 is 1.83 bits per heavy atom. The van der Waals surface area contributed by atoms with Crippen LogP contribution in [-0.2, 0) is 6.54 Å². The van der Waals surface area contributed by atoms with E-state index in [0.29, 0.717) is 12.0 Å². The van der Waals surface area contributed by atoms with E-state index in [1.165, 1.54) is 16.5 Å². The fourth-order valence-corrected chi connectivity index (χ4v) is 2.41. The lowest BCUT2D eigenvalue weighted by Crippen LogP contribution is -2.33. The lowest BCUT2D eigenvalue weighted by Gasteiger charge is -2.28. The molecule has 0 unspecified atom stereocenters. The number of hydrogen-bond acceptors (Lipinski definition) is 1. The van der Waals surface area contributed by atoms with Gasteiger partial charge in [-0.25, -0.2) is 0 Å². The average Bonchev–Trinajstić information content (AvgIpc) is 2.71. The van der Waals surface area contributed by atoms with Gasteiger partial charge in [0.15, 0.2) is 0 Å². The summed E-state index contributed by atoms with van der Waals surface area (Å²) in [5.41, 5.74) is 2.64. The second kappa shape index (κ2) is 5.57. The molecule has 1 N–H and O–H groups in total. The number of nitrogens with one attached hydrogen (secondary N) is 1. The molecule has 0 aliphatic heterocycles. The Kier molecular flexibility index (Phi) is 4.07. The molecule has 18 heavy (non-hydrogen) atoms. The molecule has 2 heteroatoms. The van der Waals surface area contributed by atoms with Crippen molar-refractivity contribution in [2.24, 2.45) is 5.92 Å². The van der Waals surface area contributed by atoms with E-state index in [0.717, 1.165) is 13.1 Å². The third-order valence-electron chi connectivity index (χ3n) is 3.38. The van der Waals surface area contributed by atoms with Crippen molar-refractivity contribution in [1.82, 2.24) is 9.88 Å². The van der Waals surface area contributed by atoms with Crippen molar-refractivity contribution in [3.05, 3.63) is 36.0 Å². The zero-order valence-electron chi connectivity index (χ0n) is 11.9. The summed E-state index contributed by atoms with van der Waals surface area (Å²) >= 11 is 0. The van der Waals surface area contributed by atoms with Crippen molar-refractivity contribution >= 4 is 10.9 Å². The predicted octanol–water partition coefficient (Wildman–Crippen LogP) is 4.03. The Balaban J connectivity index is 2.20. The minimum absolute atomic E-state index is 0.584. The van der Waals surface area contributed by atoms with Crippen LogP contribution in [0.5, 0.6) is 0 Å². The number of benzene rings is 1. The van der Waals surface area contributed by atoms with Gasteiger partial charge in [-0.1, -0.05) is 32.0 Å². The Labute approximate surface area is 110 Å². The molecule has 2 nitrogen and oxygen atoms in total. The quantitative estimate of drug-likeness (QED) is 0.841. The first-order chi connectivity index (χ1) is 8.58. The normalized spacial score (nSPS) is 12.2. The molecule has 2 aromatic rings.